The zero-order chi connectivity index (χ0) is 35.1. The topological polar surface area (TPSA) is 3.24 Å². The van der Waals surface area contributed by atoms with Crippen molar-refractivity contribution in [1.82, 2.24) is 0 Å². The van der Waals surface area contributed by atoms with Crippen LogP contribution in [0.1, 0.15) is 0 Å². The molecule has 0 spiro atoms. The summed E-state index contributed by atoms with van der Waals surface area (Å²) >= 11 is 0. The van der Waals surface area contributed by atoms with E-state index in [1.54, 1.807) is 0 Å². The number of hydrogen-bond acceptors (Lipinski definition) is 1. The molecule has 10 rings (SSSR count). The summed E-state index contributed by atoms with van der Waals surface area (Å²) in [6.45, 7) is 0. The van der Waals surface area contributed by atoms with Crippen molar-refractivity contribution in [3.05, 3.63) is 212 Å². The third-order valence-corrected chi connectivity index (χ3v) is 10.6. The first-order chi connectivity index (χ1) is 26.3. The maximum absolute atomic E-state index is 2.41. The minimum absolute atomic E-state index is 1.11. The largest absolute Gasteiger partial charge is 0.310 e. The van der Waals surface area contributed by atoms with Crippen LogP contribution in [0.4, 0.5) is 17.1 Å². The van der Waals surface area contributed by atoms with Crippen molar-refractivity contribution in [3.63, 3.8) is 0 Å². The average Bonchev–Trinajstić information content (AvgIpc) is 3.24. The Labute approximate surface area is 309 Å². The van der Waals surface area contributed by atoms with Crippen molar-refractivity contribution < 1.29 is 0 Å². The maximum Gasteiger partial charge on any atom is 0.0540 e. The molecule has 0 aliphatic rings. The first-order valence-corrected chi connectivity index (χ1v) is 18.3. The molecule has 0 aliphatic carbocycles. The van der Waals surface area contributed by atoms with Crippen LogP contribution in [-0.2, 0) is 0 Å². The van der Waals surface area contributed by atoms with Gasteiger partial charge in [-0.25, -0.2) is 0 Å². The molecule has 0 bridgehead atoms. The summed E-state index contributed by atoms with van der Waals surface area (Å²) in [4.78, 5) is 2.41. The van der Waals surface area contributed by atoms with Gasteiger partial charge in [-0.1, -0.05) is 176 Å². The summed E-state index contributed by atoms with van der Waals surface area (Å²) in [5.74, 6) is 0. The van der Waals surface area contributed by atoms with E-state index in [0.717, 1.165) is 17.1 Å². The molecule has 0 N–H and O–H groups in total. The lowest BCUT2D eigenvalue weighted by molar-refractivity contribution is 1.30. The summed E-state index contributed by atoms with van der Waals surface area (Å²) in [6, 6.07) is 77.3. The summed E-state index contributed by atoms with van der Waals surface area (Å²) < 4.78 is 0. The van der Waals surface area contributed by atoms with Crippen LogP contribution in [0.5, 0.6) is 0 Å². The number of anilines is 3. The fourth-order valence-electron chi connectivity index (χ4n) is 8.15. The van der Waals surface area contributed by atoms with Crippen molar-refractivity contribution in [3.8, 4) is 33.4 Å². The number of fused-ring (bicyclic) bond motifs is 5. The van der Waals surface area contributed by atoms with Gasteiger partial charge in [0.05, 0.1) is 5.69 Å². The number of nitrogens with zero attached hydrogens (tertiary/aromatic N) is 1. The van der Waals surface area contributed by atoms with Crippen LogP contribution in [0.25, 0.3) is 76.5 Å². The molecule has 1 nitrogen and oxygen atoms in total. The van der Waals surface area contributed by atoms with Gasteiger partial charge in [-0.05, 0) is 107 Å². The Bertz CT molecular complexity index is 2940. The van der Waals surface area contributed by atoms with Crippen molar-refractivity contribution in [2.24, 2.45) is 0 Å². The molecule has 10 aromatic carbocycles. The highest BCUT2D eigenvalue weighted by Crippen LogP contribution is 2.46. The molecule has 1 heteroatoms. The zero-order valence-corrected chi connectivity index (χ0v) is 29.2. The number of rotatable bonds is 6. The molecule has 0 heterocycles. The highest BCUT2D eigenvalue weighted by atomic mass is 15.1. The predicted molar refractivity (Wildman–Crippen MR) is 227 cm³/mol. The standard InChI is InChI=1S/C52H35N/c1-3-17-38(18-4-1)51-48-27-12-11-26-46(48)47-32-30-42(35-49(47)52(51)39-19-5-2-6-20-39)41-23-13-24-43(34-41)53(44-31-29-36-15-7-8-21-40(36)33-44)50-28-14-22-37-16-9-10-25-45(37)50/h1-35H. The zero-order valence-electron chi connectivity index (χ0n) is 29.2. The van der Waals surface area contributed by atoms with Gasteiger partial charge in [0.25, 0.3) is 0 Å². The molecular weight excluding hydrogens is 639 g/mol. The van der Waals surface area contributed by atoms with Gasteiger partial charge in [-0.2, -0.15) is 0 Å². The van der Waals surface area contributed by atoms with Crippen molar-refractivity contribution >= 4 is 60.2 Å². The SMILES string of the molecule is c1ccc(-c2c(-c3ccccc3)c3cc(-c4cccc(N(c5ccc6ccccc6c5)c5cccc6ccccc56)c4)ccc3c3ccccc23)cc1. The number of hydrogen-bond donors (Lipinski definition) is 0. The van der Waals surface area contributed by atoms with Crippen LogP contribution in [0.3, 0.4) is 0 Å². The van der Waals surface area contributed by atoms with Crippen molar-refractivity contribution in [1.29, 1.82) is 0 Å². The third kappa shape index (κ3) is 5.42. The molecule has 0 radical (unpaired) electrons. The lowest BCUT2D eigenvalue weighted by Gasteiger charge is -2.27. The van der Waals surface area contributed by atoms with Gasteiger partial charge in [0.1, 0.15) is 0 Å². The Kier molecular flexibility index (Phi) is 7.55. The van der Waals surface area contributed by atoms with Crippen LogP contribution in [0, 0.1) is 0 Å². The molecule has 0 atom stereocenters. The lowest BCUT2D eigenvalue weighted by Crippen LogP contribution is -2.10. The number of benzene rings is 10. The molecule has 10 aromatic rings. The second kappa shape index (κ2) is 13.0. The Morgan fingerprint density at radius 3 is 1.55 bits per heavy atom. The van der Waals surface area contributed by atoms with Gasteiger partial charge in [-0.15, -0.1) is 0 Å². The van der Waals surface area contributed by atoms with Crippen LogP contribution in [-0.4, -0.2) is 0 Å². The summed E-state index contributed by atoms with van der Waals surface area (Å²) in [7, 11) is 0. The Balaban J connectivity index is 1.21. The van der Waals surface area contributed by atoms with Crippen molar-refractivity contribution in [2.45, 2.75) is 0 Å². The van der Waals surface area contributed by atoms with E-state index in [2.05, 4.69) is 217 Å². The van der Waals surface area contributed by atoms with E-state index >= 15 is 0 Å². The average molecular weight is 674 g/mol. The molecule has 0 aliphatic heterocycles. The second-order valence-corrected chi connectivity index (χ2v) is 13.7. The highest BCUT2D eigenvalue weighted by Gasteiger charge is 2.20. The third-order valence-electron chi connectivity index (χ3n) is 10.6. The van der Waals surface area contributed by atoms with E-state index in [0.29, 0.717) is 0 Å². The minimum Gasteiger partial charge on any atom is -0.310 e. The molecule has 0 fully saturated rings. The van der Waals surface area contributed by atoms with E-state index in [1.807, 2.05) is 0 Å². The lowest BCUT2D eigenvalue weighted by atomic mass is 9.84. The van der Waals surface area contributed by atoms with Crippen LogP contribution >= 0.6 is 0 Å². The first-order valence-electron chi connectivity index (χ1n) is 18.3. The molecule has 0 amide bonds. The van der Waals surface area contributed by atoms with Crippen LogP contribution in [0.15, 0.2) is 212 Å². The summed E-state index contributed by atoms with van der Waals surface area (Å²) in [6.07, 6.45) is 0. The monoisotopic (exact) mass is 673 g/mol. The minimum atomic E-state index is 1.11. The van der Waals surface area contributed by atoms with Crippen molar-refractivity contribution in [2.75, 3.05) is 4.90 Å². The summed E-state index contributed by atoms with van der Waals surface area (Å²) in [5.41, 5.74) is 10.7. The molecule has 0 saturated carbocycles. The van der Waals surface area contributed by atoms with Crippen LogP contribution < -0.4 is 4.90 Å². The molecule has 0 unspecified atom stereocenters. The normalized spacial score (nSPS) is 11.4. The Hall–Kier alpha value is -6.96. The molecular formula is C52H35N. The first kappa shape index (κ1) is 30.8. The fraction of sp³-hybridized carbons (Fsp3) is 0. The smallest absolute Gasteiger partial charge is 0.0540 e. The Morgan fingerprint density at radius 1 is 0.245 bits per heavy atom. The second-order valence-electron chi connectivity index (χ2n) is 13.7. The highest BCUT2D eigenvalue weighted by molar-refractivity contribution is 6.22. The molecule has 248 valence electrons. The molecule has 0 saturated heterocycles. The van der Waals surface area contributed by atoms with E-state index in [-0.39, 0.29) is 0 Å². The predicted octanol–water partition coefficient (Wildman–Crippen LogP) is 14.8. The van der Waals surface area contributed by atoms with Crippen LogP contribution in [0.2, 0.25) is 0 Å². The van der Waals surface area contributed by atoms with Gasteiger partial charge in [0.15, 0.2) is 0 Å². The maximum atomic E-state index is 2.41. The van der Waals surface area contributed by atoms with Gasteiger partial charge >= 0.3 is 0 Å². The molecule has 0 aromatic heterocycles. The van der Waals surface area contributed by atoms with E-state index in [4.69, 9.17) is 0 Å². The van der Waals surface area contributed by atoms with Gasteiger partial charge < -0.3 is 4.90 Å². The van der Waals surface area contributed by atoms with Gasteiger partial charge in [-0.3, -0.25) is 0 Å². The summed E-state index contributed by atoms with van der Waals surface area (Å²) in [5, 5.41) is 9.92. The molecule has 53 heavy (non-hydrogen) atoms. The van der Waals surface area contributed by atoms with Gasteiger partial charge in [0.2, 0.25) is 0 Å². The van der Waals surface area contributed by atoms with E-state index < -0.39 is 0 Å². The van der Waals surface area contributed by atoms with E-state index in [1.165, 1.54) is 76.5 Å². The Morgan fingerprint density at radius 2 is 0.774 bits per heavy atom. The fourth-order valence-corrected chi connectivity index (χ4v) is 8.15. The van der Waals surface area contributed by atoms with E-state index in [9.17, 15) is 0 Å². The quantitative estimate of drug-likeness (QED) is 0.159. The van der Waals surface area contributed by atoms with Gasteiger partial charge in [0, 0.05) is 16.8 Å².